The van der Waals surface area contributed by atoms with E-state index < -0.39 is 5.82 Å². The summed E-state index contributed by atoms with van der Waals surface area (Å²) in [5.41, 5.74) is 1.52. The van der Waals surface area contributed by atoms with Crippen LogP contribution in [0.1, 0.15) is 5.56 Å². The second kappa shape index (κ2) is 4.46. The molecule has 0 amide bonds. The first-order chi connectivity index (χ1) is 7.74. The third-order valence-electron chi connectivity index (χ3n) is 2.29. The Bertz CT molecular complexity index is 558. The van der Waals surface area contributed by atoms with Gasteiger partial charge in [-0.15, -0.1) is 0 Å². The van der Waals surface area contributed by atoms with Crippen molar-refractivity contribution >= 4 is 15.9 Å². The fourth-order valence-electron chi connectivity index (χ4n) is 1.52. The summed E-state index contributed by atoms with van der Waals surface area (Å²) < 4.78 is 14.0. The van der Waals surface area contributed by atoms with E-state index >= 15 is 0 Å². The molecule has 0 atom stereocenters. The van der Waals surface area contributed by atoms with Crippen LogP contribution in [0.15, 0.2) is 46.9 Å². The van der Waals surface area contributed by atoms with E-state index in [-0.39, 0.29) is 5.56 Å². The summed E-state index contributed by atoms with van der Waals surface area (Å²) in [6, 6.07) is 14.5. The molecule has 1 nitrogen and oxygen atoms in total. The van der Waals surface area contributed by atoms with Gasteiger partial charge in [-0.2, -0.15) is 5.26 Å². The largest absolute Gasteiger partial charge is 0.204 e. The van der Waals surface area contributed by atoms with Crippen molar-refractivity contribution in [3.63, 3.8) is 0 Å². The van der Waals surface area contributed by atoms with Crippen LogP contribution in [0.25, 0.3) is 11.1 Å². The Balaban J connectivity index is 2.68. The van der Waals surface area contributed by atoms with E-state index in [4.69, 9.17) is 5.26 Å². The molecule has 78 valence electrons. The minimum atomic E-state index is -0.510. The average molecular weight is 276 g/mol. The van der Waals surface area contributed by atoms with Crippen molar-refractivity contribution < 1.29 is 4.39 Å². The fourth-order valence-corrected chi connectivity index (χ4v) is 1.85. The van der Waals surface area contributed by atoms with Gasteiger partial charge in [-0.05, 0) is 27.6 Å². The lowest BCUT2D eigenvalue weighted by Gasteiger charge is -2.06. The standard InChI is InChI=1S/C13H7BrFN/c14-12-7-6-10(11(8-16)13(12)15)9-4-2-1-3-5-9/h1-7H. The molecule has 16 heavy (non-hydrogen) atoms. The lowest BCUT2D eigenvalue weighted by atomic mass is 10.0. The molecule has 0 saturated heterocycles. The highest BCUT2D eigenvalue weighted by Gasteiger charge is 2.12. The molecule has 2 aromatic carbocycles. The summed E-state index contributed by atoms with van der Waals surface area (Å²) in [5, 5.41) is 8.97. The van der Waals surface area contributed by atoms with Gasteiger partial charge in [-0.25, -0.2) is 4.39 Å². The molecule has 0 saturated carbocycles. The summed E-state index contributed by atoms with van der Waals surface area (Å²) >= 11 is 3.07. The van der Waals surface area contributed by atoms with Crippen LogP contribution in [0.2, 0.25) is 0 Å². The van der Waals surface area contributed by atoms with E-state index in [0.717, 1.165) is 5.56 Å². The van der Waals surface area contributed by atoms with Crippen molar-refractivity contribution in [1.82, 2.24) is 0 Å². The molecule has 0 aliphatic rings. The summed E-state index contributed by atoms with van der Waals surface area (Å²) in [5.74, 6) is -0.510. The smallest absolute Gasteiger partial charge is 0.155 e. The van der Waals surface area contributed by atoms with Crippen LogP contribution in [-0.2, 0) is 0 Å². The third kappa shape index (κ3) is 1.84. The van der Waals surface area contributed by atoms with Gasteiger partial charge in [0, 0.05) is 5.56 Å². The average Bonchev–Trinajstić information content (AvgIpc) is 2.33. The zero-order valence-electron chi connectivity index (χ0n) is 8.24. The van der Waals surface area contributed by atoms with Gasteiger partial charge in [-0.3, -0.25) is 0 Å². The Morgan fingerprint density at radius 1 is 1.06 bits per heavy atom. The van der Waals surface area contributed by atoms with Crippen molar-refractivity contribution in [3.05, 3.63) is 58.3 Å². The van der Waals surface area contributed by atoms with Crippen LogP contribution in [0.4, 0.5) is 4.39 Å². The number of nitriles is 1. The van der Waals surface area contributed by atoms with E-state index in [1.165, 1.54) is 0 Å². The highest BCUT2D eigenvalue weighted by atomic mass is 79.9. The number of hydrogen-bond acceptors (Lipinski definition) is 1. The maximum absolute atomic E-state index is 13.7. The van der Waals surface area contributed by atoms with Gasteiger partial charge >= 0.3 is 0 Å². The molecule has 2 rings (SSSR count). The Hall–Kier alpha value is -1.66. The lowest BCUT2D eigenvalue weighted by Crippen LogP contribution is -1.90. The highest BCUT2D eigenvalue weighted by Crippen LogP contribution is 2.29. The first kappa shape index (κ1) is 10.8. The molecular formula is C13H7BrFN. The molecule has 3 heteroatoms. The summed E-state index contributed by atoms with van der Waals surface area (Å²) in [6.07, 6.45) is 0. The summed E-state index contributed by atoms with van der Waals surface area (Å²) in [7, 11) is 0. The number of benzene rings is 2. The van der Waals surface area contributed by atoms with Gasteiger partial charge in [0.15, 0.2) is 5.82 Å². The molecule has 0 N–H and O–H groups in total. The SMILES string of the molecule is N#Cc1c(-c2ccccc2)ccc(Br)c1F. The zero-order chi connectivity index (χ0) is 11.5. The van der Waals surface area contributed by atoms with Crippen molar-refractivity contribution in [2.24, 2.45) is 0 Å². The number of halogens is 2. The van der Waals surface area contributed by atoms with Gasteiger partial charge in [0.05, 0.1) is 10.0 Å². The number of nitrogens with zero attached hydrogens (tertiary/aromatic N) is 1. The predicted molar refractivity (Wildman–Crippen MR) is 64.3 cm³/mol. The van der Waals surface area contributed by atoms with Gasteiger partial charge in [0.2, 0.25) is 0 Å². The molecule has 2 aromatic rings. The van der Waals surface area contributed by atoms with Crippen molar-refractivity contribution in [1.29, 1.82) is 5.26 Å². The first-order valence-electron chi connectivity index (χ1n) is 4.67. The molecule has 0 heterocycles. The topological polar surface area (TPSA) is 23.8 Å². The molecule has 0 radical (unpaired) electrons. The van der Waals surface area contributed by atoms with E-state index in [9.17, 15) is 4.39 Å². The lowest BCUT2D eigenvalue weighted by molar-refractivity contribution is 0.618. The van der Waals surface area contributed by atoms with E-state index in [0.29, 0.717) is 10.0 Å². The van der Waals surface area contributed by atoms with Crippen molar-refractivity contribution in [2.75, 3.05) is 0 Å². The molecule has 0 spiro atoms. The maximum atomic E-state index is 13.7. The number of rotatable bonds is 1. The molecule has 0 bridgehead atoms. The van der Waals surface area contributed by atoms with Gasteiger partial charge < -0.3 is 0 Å². The molecule has 0 fully saturated rings. The molecule has 0 unspecified atom stereocenters. The quantitative estimate of drug-likeness (QED) is 0.768. The Morgan fingerprint density at radius 3 is 2.38 bits per heavy atom. The van der Waals surface area contributed by atoms with Crippen molar-refractivity contribution in [2.45, 2.75) is 0 Å². The first-order valence-corrected chi connectivity index (χ1v) is 5.47. The second-order valence-corrected chi connectivity index (χ2v) is 4.12. The Kier molecular flexibility index (Phi) is 3.02. The number of hydrogen-bond donors (Lipinski definition) is 0. The van der Waals surface area contributed by atoms with Crippen LogP contribution in [0.5, 0.6) is 0 Å². The summed E-state index contributed by atoms with van der Waals surface area (Å²) in [6.45, 7) is 0. The van der Waals surface area contributed by atoms with Crippen LogP contribution in [0.3, 0.4) is 0 Å². The van der Waals surface area contributed by atoms with E-state index in [2.05, 4.69) is 15.9 Å². The monoisotopic (exact) mass is 275 g/mol. The van der Waals surface area contributed by atoms with Crippen molar-refractivity contribution in [3.8, 4) is 17.2 Å². The van der Waals surface area contributed by atoms with Crippen LogP contribution < -0.4 is 0 Å². The zero-order valence-corrected chi connectivity index (χ0v) is 9.83. The molecule has 0 aliphatic carbocycles. The summed E-state index contributed by atoms with van der Waals surface area (Å²) in [4.78, 5) is 0. The molecular weight excluding hydrogens is 269 g/mol. The Labute approximate surface area is 101 Å². The highest BCUT2D eigenvalue weighted by molar-refractivity contribution is 9.10. The normalized spacial score (nSPS) is 9.81. The van der Waals surface area contributed by atoms with Crippen LogP contribution in [0, 0.1) is 17.1 Å². The fraction of sp³-hybridized carbons (Fsp3) is 0. The van der Waals surface area contributed by atoms with Crippen LogP contribution >= 0.6 is 15.9 Å². The van der Waals surface area contributed by atoms with Gasteiger partial charge in [-0.1, -0.05) is 36.4 Å². The Morgan fingerprint density at radius 2 is 1.75 bits per heavy atom. The minimum Gasteiger partial charge on any atom is -0.204 e. The minimum absolute atomic E-state index is 0.0700. The third-order valence-corrected chi connectivity index (χ3v) is 2.90. The maximum Gasteiger partial charge on any atom is 0.155 e. The predicted octanol–water partition coefficient (Wildman–Crippen LogP) is 4.13. The van der Waals surface area contributed by atoms with E-state index in [1.54, 1.807) is 12.1 Å². The van der Waals surface area contributed by atoms with E-state index in [1.807, 2.05) is 36.4 Å². The molecule has 0 aromatic heterocycles. The van der Waals surface area contributed by atoms with Gasteiger partial charge in [0.25, 0.3) is 0 Å². The molecule has 0 aliphatic heterocycles. The second-order valence-electron chi connectivity index (χ2n) is 3.26. The van der Waals surface area contributed by atoms with Crippen LogP contribution in [-0.4, -0.2) is 0 Å². The van der Waals surface area contributed by atoms with Gasteiger partial charge in [0.1, 0.15) is 6.07 Å².